The molecule has 2 nitrogen and oxygen atoms in total. The summed E-state index contributed by atoms with van der Waals surface area (Å²) in [6, 6.07) is 0. The molecule has 1 fully saturated rings. The van der Waals surface area contributed by atoms with Crippen LogP contribution in [0.15, 0.2) is 0 Å². The van der Waals surface area contributed by atoms with Crippen LogP contribution in [-0.2, 0) is 5.88 Å². The number of hydrogen-bond acceptors (Lipinski definition) is 4. The summed E-state index contributed by atoms with van der Waals surface area (Å²) in [5.74, 6) is 1.76. The SMILES string of the molecule is ClCc1nnc(C2CCCS2)s1. The Morgan fingerprint density at radius 1 is 1.50 bits per heavy atom. The van der Waals surface area contributed by atoms with E-state index < -0.39 is 0 Å². The van der Waals surface area contributed by atoms with Crippen LogP contribution in [0.4, 0.5) is 0 Å². The molecule has 0 amide bonds. The highest BCUT2D eigenvalue weighted by atomic mass is 35.5. The highest BCUT2D eigenvalue weighted by Crippen LogP contribution is 2.40. The van der Waals surface area contributed by atoms with Crippen molar-refractivity contribution < 1.29 is 0 Å². The number of hydrogen-bond donors (Lipinski definition) is 0. The van der Waals surface area contributed by atoms with Crippen molar-refractivity contribution in [1.29, 1.82) is 0 Å². The third-order valence-electron chi connectivity index (χ3n) is 1.80. The molecule has 1 aliphatic rings. The van der Waals surface area contributed by atoms with Crippen LogP contribution >= 0.6 is 34.7 Å². The van der Waals surface area contributed by atoms with Crippen molar-refractivity contribution in [2.45, 2.75) is 24.0 Å². The highest BCUT2D eigenvalue weighted by molar-refractivity contribution is 7.99. The summed E-state index contributed by atoms with van der Waals surface area (Å²) in [6.07, 6.45) is 2.56. The molecule has 2 heterocycles. The first-order valence-electron chi connectivity index (χ1n) is 3.90. The Morgan fingerprint density at radius 3 is 3.00 bits per heavy atom. The molecule has 5 heteroatoms. The maximum atomic E-state index is 5.65. The summed E-state index contributed by atoms with van der Waals surface area (Å²) in [7, 11) is 0. The lowest BCUT2D eigenvalue weighted by Gasteiger charge is -1.99. The highest BCUT2D eigenvalue weighted by Gasteiger charge is 2.21. The molecule has 0 spiro atoms. The van der Waals surface area contributed by atoms with E-state index in [1.54, 1.807) is 11.3 Å². The standard InChI is InChI=1S/C7H9ClN2S2/c8-4-6-9-10-7(12-6)5-2-1-3-11-5/h5H,1-4H2. The molecule has 1 aromatic heterocycles. The van der Waals surface area contributed by atoms with E-state index in [4.69, 9.17) is 11.6 Å². The average molecular weight is 221 g/mol. The van der Waals surface area contributed by atoms with E-state index in [1.165, 1.54) is 18.6 Å². The van der Waals surface area contributed by atoms with Crippen LogP contribution in [0.2, 0.25) is 0 Å². The summed E-state index contributed by atoms with van der Waals surface area (Å²) < 4.78 is 0. The van der Waals surface area contributed by atoms with E-state index >= 15 is 0 Å². The average Bonchev–Trinajstić information content (AvgIpc) is 2.75. The third kappa shape index (κ3) is 1.75. The molecule has 0 bridgehead atoms. The van der Waals surface area contributed by atoms with Crippen LogP contribution in [0.3, 0.4) is 0 Å². The Labute approximate surface area is 84.7 Å². The fourth-order valence-corrected chi connectivity index (χ4v) is 3.64. The Balaban J connectivity index is 2.11. The van der Waals surface area contributed by atoms with E-state index in [0.717, 1.165) is 10.0 Å². The molecular weight excluding hydrogens is 212 g/mol. The molecule has 12 heavy (non-hydrogen) atoms. The van der Waals surface area contributed by atoms with Crippen LogP contribution in [-0.4, -0.2) is 16.0 Å². The topological polar surface area (TPSA) is 25.8 Å². The zero-order valence-electron chi connectivity index (χ0n) is 6.49. The minimum atomic E-state index is 0.495. The van der Waals surface area contributed by atoms with Gasteiger partial charge in [0, 0.05) is 0 Å². The minimum absolute atomic E-state index is 0.495. The second kappa shape index (κ2) is 3.94. The predicted octanol–water partition coefficient (Wildman–Crippen LogP) is 2.85. The second-order valence-corrected chi connectivity index (χ2v) is 5.34. The fourth-order valence-electron chi connectivity index (χ4n) is 1.22. The lowest BCUT2D eigenvalue weighted by atomic mass is 10.3. The normalized spacial score (nSPS) is 23.2. The van der Waals surface area contributed by atoms with E-state index in [9.17, 15) is 0 Å². The van der Waals surface area contributed by atoms with Crippen molar-refractivity contribution >= 4 is 34.7 Å². The number of alkyl halides is 1. The van der Waals surface area contributed by atoms with Gasteiger partial charge in [-0.05, 0) is 18.6 Å². The van der Waals surface area contributed by atoms with Gasteiger partial charge in [-0.15, -0.1) is 21.8 Å². The van der Waals surface area contributed by atoms with E-state index in [2.05, 4.69) is 10.2 Å². The Bertz CT molecular complexity index is 258. The molecule has 1 aromatic rings. The zero-order chi connectivity index (χ0) is 8.39. The fraction of sp³-hybridized carbons (Fsp3) is 0.714. The molecule has 1 saturated heterocycles. The monoisotopic (exact) mass is 220 g/mol. The maximum absolute atomic E-state index is 5.65. The molecule has 0 saturated carbocycles. The molecule has 66 valence electrons. The number of aromatic nitrogens is 2. The molecule has 0 N–H and O–H groups in total. The van der Waals surface area contributed by atoms with Gasteiger partial charge in [0.25, 0.3) is 0 Å². The van der Waals surface area contributed by atoms with Gasteiger partial charge < -0.3 is 0 Å². The van der Waals surface area contributed by atoms with Gasteiger partial charge in [0.1, 0.15) is 10.0 Å². The van der Waals surface area contributed by atoms with E-state index in [-0.39, 0.29) is 0 Å². The quantitative estimate of drug-likeness (QED) is 0.717. The minimum Gasteiger partial charge on any atom is -0.151 e. The second-order valence-electron chi connectivity index (χ2n) is 2.67. The Kier molecular flexibility index (Phi) is 2.88. The molecule has 0 aliphatic carbocycles. The maximum Gasteiger partial charge on any atom is 0.132 e. The van der Waals surface area contributed by atoms with Gasteiger partial charge in [-0.1, -0.05) is 11.3 Å². The van der Waals surface area contributed by atoms with E-state index in [0.29, 0.717) is 11.1 Å². The molecule has 1 unspecified atom stereocenters. The molecule has 1 aliphatic heterocycles. The zero-order valence-corrected chi connectivity index (χ0v) is 8.88. The van der Waals surface area contributed by atoms with Crippen LogP contribution in [0.25, 0.3) is 0 Å². The molecular formula is C7H9ClN2S2. The number of thioether (sulfide) groups is 1. The van der Waals surface area contributed by atoms with Crippen LogP contribution < -0.4 is 0 Å². The Morgan fingerprint density at radius 2 is 2.42 bits per heavy atom. The number of nitrogens with zero attached hydrogens (tertiary/aromatic N) is 2. The number of rotatable bonds is 2. The Hall–Kier alpha value is 0.200. The van der Waals surface area contributed by atoms with Crippen molar-refractivity contribution in [2.75, 3.05) is 5.75 Å². The molecule has 0 radical (unpaired) electrons. The number of halogens is 1. The smallest absolute Gasteiger partial charge is 0.132 e. The molecule has 2 rings (SSSR count). The van der Waals surface area contributed by atoms with Gasteiger partial charge in [0.05, 0.1) is 11.1 Å². The van der Waals surface area contributed by atoms with Crippen molar-refractivity contribution in [3.8, 4) is 0 Å². The van der Waals surface area contributed by atoms with Gasteiger partial charge in [-0.25, -0.2) is 0 Å². The summed E-state index contributed by atoms with van der Waals surface area (Å²) in [5, 5.41) is 10.8. The van der Waals surface area contributed by atoms with Gasteiger partial charge in [0.15, 0.2) is 0 Å². The van der Waals surface area contributed by atoms with Gasteiger partial charge in [-0.3, -0.25) is 0 Å². The van der Waals surface area contributed by atoms with Gasteiger partial charge in [-0.2, -0.15) is 11.8 Å². The van der Waals surface area contributed by atoms with Crippen molar-refractivity contribution in [3.05, 3.63) is 10.0 Å². The predicted molar refractivity (Wildman–Crippen MR) is 53.9 cm³/mol. The first kappa shape index (κ1) is 8.78. The first-order valence-corrected chi connectivity index (χ1v) is 6.30. The van der Waals surface area contributed by atoms with Crippen LogP contribution in [0.1, 0.15) is 28.1 Å². The summed E-state index contributed by atoms with van der Waals surface area (Å²) in [6.45, 7) is 0. The van der Waals surface area contributed by atoms with Gasteiger partial charge in [0.2, 0.25) is 0 Å². The molecule has 0 aromatic carbocycles. The van der Waals surface area contributed by atoms with Crippen molar-refractivity contribution in [2.24, 2.45) is 0 Å². The van der Waals surface area contributed by atoms with Crippen molar-refractivity contribution in [3.63, 3.8) is 0 Å². The summed E-state index contributed by atoms with van der Waals surface area (Å²) in [5.41, 5.74) is 0. The largest absolute Gasteiger partial charge is 0.151 e. The molecule has 1 atom stereocenters. The summed E-state index contributed by atoms with van der Waals surface area (Å²) >= 11 is 9.29. The summed E-state index contributed by atoms with van der Waals surface area (Å²) in [4.78, 5) is 0. The third-order valence-corrected chi connectivity index (χ3v) is 4.79. The van der Waals surface area contributed by atoms with Crippen LogP contribution in [0.5, 0.6) is 0 Å². The van der Waals surface area contributed by atoms with Crippen LogP contribution in [0, 0.1) is 0 Å². The van der Waals surface area contributed by atoms with Crippen molar-refractivity contribution in [1.82, 2.24) is 10.2 Å². The lowest BCUT2D eigenvalue weighted by molar-refractivity contribution is 0.807. The first-order chi connectivity index (χ1) is 5.90. The van der Waals surface area contributed by atoms with E-state index in [1.807, 2.05) is 11.8 Å². The van der Waals surface area contributed by atoms with Gasteiger partial charge >= 0.3 is 0 Å². The lowest BCUT2D eigenvalue weighted by Crippen LogP contribution is -1.86.